The second-order valence-corrected chi connectivity index (χ2v) is 8.47. The summed E-state index contributed by atoms with van der Waals surface area (Å²) in [7, 11) is 0. The first-order chi connectivity index (χ1) is 13.4. The summed E-state index contributed by atoms with van der Waals surface area (Å²) in [6, 6.07) is 9.17. The number of cyclic esters (lactones) is 1. The van der Waals surface area contributed by atoms with E-state index in [4.69, 9.17) is 25.8 Å². The lowest BCUT2D eigenvalue weighted by atomic mass is 10.1. The lowest BCUT2D eigenvalue weighted by Crippen LogP contribution is -2.06. The molecule has 0 spiro atoms. The Hall–Kier alpha value is -1.33. The van der Waals surface area contributed by atoms with E-state index < -0.39 is 5.97 Å². The van der Waals surface area contributed by atoms with Crippen molar-refractivity contribution in [1.82, 2.24) is 0 Å². The fraction of sp³-hybridized carbons (Fsp3) is 0.200. The summed E-state index contributed by atoms with van der Waals surface area (Å²) in [5.74, 6) is 0.993. The van der Waals surface area contributed by atoms with Crippen molar-refractivity contribution in [3.63, 3.8) is 0 Å². The van der Waals surface area contributed by atoms with Crippen LogP contribution < -0.4 is 9.47 Å². The van der Waals surface area contributed by atoms with Gasteiger partial charge in [-0.1, -0.05) is 11.6 Å². The van der Waals surface area contributed by atoms with Gasteiger partial charge in [-0.15, -0.1) is 0 Å². The largest absolute Gasteiger partial charge is 0.490 e. The molecule has 146 valence electrons. The Labute approximate surface area is 195 Å². The lowest BCUT2D eigenvalue weighted by Gasteiger charge is -2.13. The van der Waals surface area contributed by atoms with Gasteiger partial charge in [-0.2, -0.15) is 0 Å². The van der Waals surface area contributed by atoms with Crippen molar-refractivity contribution in [3.05, 3.63) is 59.3 Å². The van der Waals surface area contributed by atoms with Crippen LogP contribution in [0.2, 0.25) is 5.02 Å². The molecular formula is C20H16ClI2NO4. The molecule has 28 heavy (non-hydrogen) atoms. The molecule has 0 bridgehead atoms. The SMILES string of the molecule is CCOc1cc(/C=C2\N=C(c3cc(I)ccc3Cl)OC2=O)cc(I)c1OCC. The highest BCUT2D eigenvalue weighted by Gasteiger charge is 2.26. The Bertz CT molecular complexity index is 988. The number of hydrogen-bond acceptors (Lipinski definition) is 5. The predicted octanol–water partition coefficient (Wildman–Crippen LogP) is 5.69. The van der Waals surface area contributed by atoms with Gasteiger partial charge in [0, 0.05) is 3.57 Å². The molecular weight excluding hydrogens is 607 g/mol. The summed E-state index contributed by atoms with van der Waals surface area (Å²) < 4.78 is 18.6. The number of aliphatic imine (C=N–C) groups is 1. The van der Waals surface area contributed by atoms with Crippen LogP contribution >= 0.6 is 56.8 Å². The number of nitrogens with zero attached hydrogens (tertiary/aromatic N) is 1. The predicted molar refractivity (Wildman–Crippen MR) is 126 cm³/mol. The number of ether oxygens (including phenoxy) is 3. The van der Waals surface area contributed by atoms with Crippen molar-refractivity contribution >= 4 is 74.7 Å². The molecule has 2 aromatic rings. The summed E-state index contributed by atoms with van der Waals surface area (Å²) in [5, 5.41) is 0.475. The zero-order valence-electron chi connectivity index (χ0n) is 15.1. The van der Waals surface area contributed by atoms with Crippen LogP contribution in [0.1, 0.15) is 25.0 Å². The van der Waals surface area contributed by atoms with Gasteiger partial charge < -0.3 is 14.2 Å². The molecule has 1 aliphatic heterocycles. The summed E-state index contributed by atoms with van der Waals surface area (Å²) >= 11 is 10.6. The van der Waals surface area contributed by atoms with Gasteiger partial charge in [-0.05, 0) is 101 Å². The van der Waals surface area contributed by atoms with E-state index in [1.54, 1.807) is 12.1 Å². The standard InChI is InChI=1S/C20H16ClI2NO4/c1-3-26-17-9-11(7-15(23)18(17)27-4-2)8-16-20(25)28-19(24-16)13-10-12(22)5-6-14(13)21/h5-10H,3-4H2,1-2H3/b16-8-. The highest BCUT2D eigenvalue weighted by Crippen LogP contribution is 2.35. The van der Waals surface area contributed by atoms with Crippen LogP contribution in [0.25, 0.3) is 6.08 Å². The molecule has 0 saturated heterocycles. The van der Waals surface area contributed by atoms with Crippen LogP contribution in [0.5, 0.6) is 11.5 Å². The normalized spacial score (nSPS) is 14.8. The van der Waals surface area contributed by atoms with E-state index in [1.165, 1.54) is 0 Å². The molecule has 0 atom stereocenters. The second-order valence-electron chi connectivity index (χ2n) is 5.66. The first-order valence-corrected chi connectivity index (χ1v) is 11.0. The number of rotatable bonds is 6. The van der Waals surface area contributed by atoms with Crippen molar-refractivity contribution in [1.29, 1.82) is 0 Å². The molecule has 0 fully saturated rings. The Morgan fingerprint density at radius 3 is 2.61 bits per heavy atom. The number of benzene rings is 2. The molecule has 0 unspecified atom stereocenters. The van der Waals surface area contributed by atoms with Crippen LogP contribution in [0.4, 0.5) is 0 Å². The quantitative estimate of drug-likeness (QED) is 0.236. The smallest absolute Gasteiger partial charge is 0.363 e. The second kappa shape index (κ2) is 9.45. The van der Waals surface area contributed by atoms with E-state index in [1.807, 2.05) is 38.1 Å². The minimum Gasteiger partial charge on any atom is -0.490 e. The fourth-order valence-corrected chi connectivity index (χ4v) is 4.03. The molecule has 1 heterocycles. The van der Waals surface area contributed by atoms with Crippen LogP contribution in [0.15, 0.2) is 41.0 Å². The zero-order chi connectivity index (χ0) is 20.3. The van der Waals surface area contributed by atoms with Gasteiger partial charge >= 0.3 is 5.97 Å². The van der Waals surface area contributed by atoms with Crippen LogP contribution in [0, 0.1) is 7.14 Å². The van der Waals surface area contributed by atoms with E-state index in [9.17, 15) is 4.79 Å². The monoisotopic (exact) mass is 623 g/mol. The summed E-state index contributed by atoms with van der Waals surface area (Å²) in [6.07, 6.45) is 1.66. The van der Waals surface area contributed by atoms with Gasteiger partial charge in [0.2, 0.25) is 5.90 Å². The van der Waals surface area contributed by atoms with E-state index in [-0.39, 0.29) is 11.6 Å². The summed E-state index contributed by atoms with van der Waals surface area (Å²) in [4.78, 5) is 16.7. The van der Waals surface area contributed by atoms with E-state index in [2.05, 4.69) is 50.2 Å². The molecule has 8 heteroatoms. The zero-order valence-corrected chi connectivity index (χ0v) is 20.2. The Morgan fingerprint density at radius 1 is 1.14 bits per heavy atom. The lowest BCUT2D eigenvalue weighted by molar-refractivity contribution is -0.129. The first-order valence-electron chi connectivity index (χ1n) is 8.50. The molecule has 3 rings (SSSR count). The molecule has 0 radical (unpaired) electrons. The van der Waals surface area contributed by atoms with Gasteiger partial charge in [0.15, 0.2) is 17.2 Å². The van der Waals surface area contributed by atoms with Crippen LogP contribution in [-0.2, 0) is 9.53 Å². The third-order valence-corrected chi connectivity index (χ3v) is 5.50. The number of carbonyl (C=O) groups excluding carboxylic acids is 1. The number of carbonyl (C=O) groups is 1. The molecule has 0 saturated carbocycles. The third kappa shape index (κ3) is 4.80. The minimum absolute atomic E-state index is 0.199. The maximum Gasteiger partial charge on any atom is 0.363 e. The Balaban J connectivity index is 2.00. The average Bonchev–Trinajstić information content (AvgIpc) is 3.00. The Morgan fingerprint density at radius 2 is 1.89 bits per heavy atom. The van der Waals surface area contributed by atoms with Crippen molar-refractivity contribution < 1.29 is 19.0 Å². The highest BCUT2D eigenvalue weighted by molar-refractivity contribution is 14.1. The highest BCUT2D eigenvalue weighted by atomic mass is 127. The van der Waals surface area contributed by atoms with Crippen molar-refractivity contribution in [3.8, 4) is 11.5 Å². The summed E-state index contributed by atoms with van der Waals surface area (Å²) in [6.45, 7) is 4.87. The third-order valence-electron chi connectivity index (χ3n) is 3.70. The van der Waals surface area contributed by atoms with Gasteiger partial charge in [-0.3, -0.25) is 0 Å². The van der Waals surface area contributed by atoms with Gasteiger partial charge in [0.25, 0.3) is 0 Å². The fourth-order valence-electron chi connectivity index (χ4n) is 2.56. The van der Waals surface area contributed by atoms with Gasteiger partial charge in [0.1, 0.15) is 0 Å². The molecule has 1 aliphatic rings. The number of hydrogen-bond donors (Lipinski definition) is 0. The van der Waals surface area contributed by atoms with E-state index in [0.29, 0.717) is 35.3 Å². The topological polar surface area (TPSA) is 57.1 Å². The molecule has 5 nitrogen and oxygen atoms in total. The van der Waals surface area contributed by atoms with Gasteiger partial charge in [-0.25, -0.2) is 9.79 Å². The molecule has 0 amide bonds. The van der Waals surface area contributed by atoms with Crippen LogP contribution in [-0.4, -0.2) is 25.1 Å². The maximum absolute atomic E-state index is 12.3. The van der Waals surface area contributed by atoms with Crippen molar-refractivity contribution in [2.24, 2.45) is 4.99 Å². The van der Waals surface area contributed by atoms with Gasteiger partial charge in [0.05, 0.1) is 27.4 Å². The summed E-state index contributed by atoms with van der Waals surface area (Å²) in [5.41, 5.74) is 1.55. The molecule has 2 aromatic carbocycles. The Kier molecular flexibility index (Phi) is 7.21. The van der Waals surface area contributed by atoms with Crippen LogP contribution in [0.3, 0.4) is 0 Å². The first kappa shape index (κ1) is 21.4. The molecule has 0 aliphatic carbocycles. The van der Waals surface area contributed by atoms with Crippen molar-refractivity contribution in [2.75, 3.05) is 13.2 Å². The average molecular weight is 624 g/mol. The number of halogens is 3. The number of esters is 1. The minimum atomic E-state index is -0.521. The van der Waals surface area contributed by atoms with E-state index in [0.717, 1.165) is 12.7 Å². The molecule has 0 N–H and O–H groups in total. The van der Waals surface area contributed by atoms with Crippen molar-refractivity contribution in [2.45, 2.75) is 13.8 Å². The maximum atomic E-state index is 12.3. The van der Waals surface area contributed by atoms with E-state index >= 15 is 0 Å². The molecule has 0 aromatic heterocycles.